The van der Waals surface area contributed by atoms with Gasteiger partial charge in [0.2, 0.25) is 0 Å². The van der Waals surface area contributed by atoms with Crippen molar-refractivity contribution in [3.05, 3.63) is 23.3 Å². The molecule has 0 radical (unpaired) electrons. The summed E-state index contributed by atoms with van der Waals surface area (Å²) in [7, 11) is 0. The molecule has 1 aliphatic carbocycles. The molecule has 2 aliphatic rings. The van der Waals surface area contributed by atoms with E-state index in [9.17, 15) is 19.5 Å². The van der Waals surface area contributed by atoms with Crippen molar-refractivity contribution >= 4 is 29.5 Å². The van der Waals surface area contributed by atoms with Crippen LogP contribution in [0.5, 0.6) is 0 Å². The number of hydrogen-bond donors (Lipinski definition) is 1. The number of rotatable bonds is 3. The molecule has 8 heteroatoms. The highest BCUT2D eigenvalue weighted by Crippen LogP contribution is 2.40. The highest BCUT2D eigenvalue weighted by atomic mass is 35.5. The minimum Gasteiger partial charge on any atom is -0.462 e. The SMILES string of the molecule is CC(=O)O[C@@H]1/C=C(/C)C[C@@H](OC(C)=O)[C@@H]2[C@H](/C=C(\C)C1)OC(=O)[C@]2(O)CCl. The lowest BCUT2D eigenvalue weighted by Crippen LogP contribution is -2.50. The van der Waals surface area contributed by atoms with Crippen molar-refractivity contribution in [2.45, 2.75) is 64.4 Å². The lowest BCUT2D eigenvalue weighted by molar-refractivity contribution is -0.159. The van der Waals surface area contributed by atoms with Gasteiger partial charge in [0.1, 0.15) is 18.3 Å². The van der Waals surface area contributed by atoms with Crippen molar-refractivity contribution in [1.82, 2.24) is 0 Å². The summed E-state index contributed by atoms with van der Waals surface area (Å²) in [4.78, 5) is 35.3. The van der Waals surface area contributed by atoms with Crippen LogP contribution in [0.2, 0.25) is 0 Å². The lowest BCUT2D eigenvalue weighted by atomic mass is 9.79. The van der Waals surface area contributed by atoms with Crippen LogP contribution in [0.1, 0.15) is 40.5 Å². The van der Waals surface area contributed by atoms with Gasteiger partial charge in [0.15, 0.2) is 5.60 Å². The first-order valence-electron chi connectivity index (χ1n) is 8.75. The van der Waals surface area contributed by atoms with E-state index < -0.39 is 47.7 Å². The van der Waals surface area contributed by atoms with E-state index in [4.69, 9.17) is 25.8 Å². The fourth-order valence-electron chi connectivity index (χ4n) is 3.68. The van der Waals surface area contributed by atoms with Crippen LogP contribution < -0.4 is 0 Å². The molecule has 1 aliphatic heterocycles. The maximum absolute atomic E-state index is 12.3. The average molecular weight is 401 g/mol. The Morgan fingerprint density at radius 2 is 1.78 bits per heavy atom. The molecule has 0 spiro atoms. The zero-order valence-corrected chi connectivity index (χ0v) is 16.6. The smallest absolute Gasteiger partial charge is 0.340 e. The molecule has 5 atom stereocenters. The van der Waals surface area contributed by atoms with Crippen LogP contribution in [0.4, 0.5) is 0 Å². The van der Waals surface area contributed by atoms with Gasteiger partial charge < -0.3 is 19.3 Å². The molecular weight excluding hydrogens is 376 g/mol. The first-order valence-corrected chi connectivity index (χ1v) is 9.28. The van der Waals surface area contributed by atoms with Crippen molar-refractivity contribution in [3.63, 3.8) is 0 Å². The van der Waals surface area contributed by atoms with Gasteiger partial charge >= 0.3 is 17.9 Å². The van der Waals surface area contributed by atoms with Gasteiger partial charge in [-0.2, -0.15) is 0 Å². The monoisotopic (exact) mass is 400 g/mol. The number of alkyl halides is 1. The maximum atomic E-state index is 12.3. The third-order valence-electron chi connectivity index (χ3n) is 4.71. The molecular formula is C19H25ClO7. The van der Waals surface area contributed by atoms with Gasteiger partial charge in [0, 0.05) is 26.7 Å². The third-order valence-corrected chi connectivity index (χ3v) is 5.11. The lowest BCUT2D eigenvalue weighted by Gasteiger charge is -2.33. The minimum atomic E-state index is -1.96. The van der Waals surface area contributed by atoms with Crippen molar-refractivity contribution in [1.29, 1.82) is 0 Å². The molecule has 0 aromatic carbocycles. The van der Waals surface area contributed by atoms with E-state index in [2.05, 4.69) is 0 Å². The quantitative estimate of drug-likeness (QED) is 0.335. The van der Waals surface area contributed by atoms with E-state index in [1.54, 1.807) is 19.1 Å². The Balaban J connectivity index is 2.50. The van der Waals surface area contributed by atoms with E-state index in [0.717, 1.165) is 11.1 Å². The number of carbonyl (C=O) groups excluding carboxylic acids is 3. The molecule has 2 rings (SSSR count). The summed E-state index contributed by atoms with van der Waals surface area (Å²) in [6.45, 7) is 6.20. The highest BCUT2D eigenvalue weighted by Gasteiger charge is 2.59. The van der Waals surface area contributed by atoms with Crippen LogP contribution in [-0.4, -0.2) is 52.8 Å². The summed E-state index contributed by atoms with van der Waals surface area (Å²) >= 11 is 5.90. The van der Waals surface area contributed by atoms with E-state index in [1.807, 2.05) is 6.92 Å². The fraction of sp³-hybridized carbons (Fsp3) is 0.632. The standard InChI is InChI=1S/C19H25ClO7/c1-10-5-14(25-12(3)21)6-11(2)8-16-17(15(7-10)26-13(4)22)19(24,9-20)18(23)27-16/h5,8,14-17,24H,6-7,9H2,1-4H3/b10-5-,11-8+/t14-,15-,16+,17-,19+/m1/s1. The van der Waals surface area contributed by atoms with Gasteiger partial charge in [-0.25, -0.2) is 4.79 Å². The number of fused-ring (bicyclic) bond motifs is 1. The van der Waals surface area contributed by atoms with E-state index in [0.29, 0.717) is 6.42 Å². The Kier molecular flexibility index (Phi) is 6.70. The van der Waals surface area contributed by atoms with E-state index in [1.165, 1.54) is 13.8 Å². The van der Waals surface area contributed by atoms with Crippen LogP contribution in [0, 0.1) is 5.92 Å². The van der Waals surface area contributed by atoms with Crippen LogP contribution >= 0.6 is 11.6 Å². The summed E-state index contributed by atoms with van der Waals surface area (Å²) in [5, 5.41) is 10.9. The Morgan fingerprint density at radius 3 is 2.33 bits per heavy atom. The largest absolute Gasteiger partial charge is 0.462 e. The van der Waals surface area contributed by atoms with Gasteiger partial charge in [-0.15, -0.1) is 11.6 Å². The molecule has 0 bridgehead atoms. The van der Waals surface area contributed by atoms with Gasteiger partial charge in [0.05, 0.1) is 11.8 Å². The van der Waals surface area contributed by atoms with Crippen LogP contribution in [0.15, 0.2) is 23.3 Å². The van der Waals surface area contributed by atoms with Gasteiger partial charge in [-0.1, -0.05) is 11.1 Å². The molecule has 0 amide bonds. The first kappa shape index (κ1) is 21.4. The fourth-order valence-corrected chi connectivity index (χ4v) is 3.97. The predicted octanol–water partition coefficient (Wildman–Crippen LogP) is 2.05. The summed E-state index contributed by atoms with van der Waals surface area (Å²) in [6.07, 6.45) is 1.99. The number of carbonyl (C=O) groups is 3. The van der Waals surface area contributed by atoms with E-state index in [-0.39, 0.29) is 12.3 Å². The number of halogens is 1. The van der Waals surface area contributed by atoms with Crippen molar-refractivity contribution in [3.8, 4) is 0 Å². The summed E-state index contributed by atoms with van der Waals surface area (Å²) in [6, 6.07) is 0. The molecule has 7 nitrogen and oxygen atoms in total. The summed E-state index contributed by atoms with van der Waals surface area (Å²) in [5.74, 6) is -3.03. The van der Waals surface area contributed by atoms with Gasteiger partial charge in [-0.3, -0.25) is 9.59 Å². The zero-order chi connectivity index (χ0) is 20.4. The summed E-state index contributed by atoms with van der Waals surface area (Å²) < 4.78 is 16.1. The molecule has 1 heterocycles. The summed E-state index contributed by atoms with van der Waals surface area (Å²) in [5.41, 5.74) is -0.370. The molecule has 0 saturated carbocycles. The second kappa shape index (κ2) is 8.44. The Hall–Kier alpha value is -1.86. The van der Waals surface area contributed by atoms with Crippen molar-refractivity contribution in [2.24, 2.45) is 5.92 Å². The Labute approximate surface area is 163 Å². The van der Waals surface area contributed by atoms with Gasteiger partial charge in [-0.05, 0) is 26.0 Å². The maximum Gasteiger partial charge on any atom is 0.340 e. The molecule has 1 N–H and O–H groups in total. The average Bonchev–Trinajstić information content (AvgIpc) is 2.75. The van der Waals surface area contributed by atoms with Crippen LogP contribution in [0.25, 0.3) is 0 Å². The first-order chi connectivity index (χ1) is 12.6. The number of esters is 3. The normalized spacial score (nSPS) is 37.8. The third kappa shape index (κ3) is 4.90. The van der Waals surface area contributed by atoms with Crippen LogP contribution in [0.3, 0.4) is 0 Å². The second-order valence-corrected chi connectivity index (χ2v) is 7.45. The Morgan fingerprint density at radius 1 is 1.19 bits per heavy atom. The second-order valence-electron chi connectivity index (χ2n) is 7.18. The molecule has 1 saturated heterocycles. The number of hydrogen-bond acceptors (Lipinski definition) is 7. The highest BCUT2D eigenvalue weighted by molar-refractivity contribution is 6.20. The zero-order valence-electron chi connectivity index (χ0n) is 15.9. The van der Waals surface area contributed by atoms with Crippen molar-refractivity contribution < 1.29 is 33.7 Å². The number of aliphatic hydroxyl groups is 1. The van der Waals surface area contributed by atoms with Gasteiger partial charge in [0.25, 0.3) is 0 Å². The molecule has 1 fully saturated rings. The number of ether oxygens (including phenoxy) is 3. The minimum absolute atomic E-state index is 0.237. The molecule has 27 heavy (non-hydrogen) atoms. The topological polar surface area (TPSA) is 99.1 Å². The molecule has 150 valence electrons. The molecule has 0 unspecified atom stereocenters. The predicted molar refractivity (Wildman–Crippen MR) is 96.9 cm³/mol. The molecule has 0 aromatic heterocycles. The molecule has 0 aromatic rings. The van der Waals surface area contributed by atoms with Crippen LogP contribution in [-0.2, 0) is 28.6 Å². The Bertz CT molecular complexity index is 684. The van der Waals surface area contributed by atoms with E-state index >= 15 is 0 Å². The van der Waals surface area contributed by atoms with Crippen molar-refractivity contribution in [2.75, 3.05) is 5.88 Å².